The molecule has 0 aliphatic rings. The zero-order valence-electron chi connectivity index (χ0n) is 12.8. The summed E-state index contributed by atoms with van der Waals surface area (Å²) in [6.07, 6.45) is 7.56. The summed E-state index contributed by atoms with van der Waals surface area (Å²) in [5.41, 5.74) is -0.322. The van der Waals surface area contributed by atoms with E-state index in [1.54, 1.807) is 0 Å². The maximum Gasteiger partial charge on any atom is 0.209 e. The van der Waals surface area contributed by atoms with Crippen LogP contribution in [0.5, 0.6) is 0 Å². The van der Waals surface area contributed by atoms with E-state index in [9.17, 15) is 8.42 Å². The smallest absolute Gasteiger partial charge is 0.209 e. The van der Waals surface area contributed by atoms with Crippen molar-refractivity contribution in [3.63, 3.8) is 0 Å². The molecule has 19 heavy (non-hydrogen) atoms. The summed E-state index contributed by atoms with van der Waals surface area (Å²) in [6.45, 7) is 7.40. The molecule has 0 radical (unpaired) electrons. The highest BCUT2D eigenvalue weighted by Crippen LogP contribution is 2.28. The van der Waals surface area contributed by atoms with Crippen LogP contribution < -0.4 is 5.14 Å². The van der Waals surface area contributed by atoms with E-state index in [0.29, 0.717) is 6.61 Å². The molecule has 116 valence electrons. The molecule has 2 N–H and O–H groups in total. The molecule has 0 heterocycles. The molecule has 0 spiro atoms. The monoisotopic (exact) mass is 293 g/mol. The number of sulfonamides is 1. The van der Waals surface area contributed by atoms with Crippen LogP contribution in [-0.4, -0.2) is 27.4 Å². The third kappa shape index (κ3) is 9.41. The molecule has 5 heteroatoms. The van der Waals surface area contributed by atoms with Crippen LogP contribution >= 0.6 is 0 Å². The first-order valence-electron chi connectivity index (χ1n) is 7.47. The lowest BCUT2D eigenvalue weighted by molar-refractivity contribution is 0.0479. The predicted molar refractivity (Wildman–Crippen MR) is 80.6 cm³/mol. The van der Waals surface area contributed by atoms with Gasteiger partial charge in [-0.2, -0.15) is 0 Å². The topological polar surface area (TPSA) is 69.4 Å². The quantitative estimate of drug-likeness (QED) is 0.562. The molecule has 0 aromatic carbocycles. The second-order valence-corrected chi connectivity index (χ2v) is 7.10. The van der Waals surface area contributed by atoms with Gasteiger partial charge in [-0.05, 0) is 19.3 Å². The Balaban J connectivity index is 4.01. The first kappa shape index (κ1) is 18.9. The van der Waals surface area contributed by atoms with Crippen LogP contribution in [0.2, 0.25) is 0 Å². The second kappa shape index (κ2) is 9.72. The number of unbranched alkanes of at least 4 members (excludes halogenated alkanes) is 4. The number of hydrogen-bond donors (Lipinski definition) is 1. The molecule has 0 aliphatic heterocycles. The van der Waals surface area contributed by atoms with Gasteiger partial charge in [-0.15, -0.1) is 0 Å². The maximum atomic E-state index is 11.3. The fourth-order valence-electron chi connectivity index (χ4n) is 2.22. The largest absolute Gasteiger partial charge is 0.381 e. The average molecular weight is 293 g/mol. The van der Waals surface area contributed by atoms with Gasteiger partial charge in [0.05, 0.1) is 12.4 Å². The van der Waals surface area contributed by atoms with Crippen LogP contribution in [0.4, 0.5) is 0 Å². The molecular weight excluding hydrogens is 262 g/mol. The predicted octanol–water partition coefficient (Wildman–Crippen LogP) is 3.07. The van der Waals surface area contributed by atoms with Crippen molar-refractivity contribution >= 4 is 10.0 Å². The van der Waals surface area contributed by atoms with Crippen LogP contribution in [0.3, 0.4) is 0 Å². The van der Waals surface area contributed by atoms with Gasteiger partial charge in [0.25, 0.3) is 0 Å². The Morgan fingerprint density at radius 3 is 2.05 bits per heavy atom. The van der Waals surface area contributed by atoms with Gasteiger partial charge in [-0.3, -0.25) is 0 Å². The van der Waals surface area contributed by atoms with E-state index < -0.39 is 10.0 Å². The van der Waals surface area contributed by atoms with Crippen LogP contribution in [0.15, 0.2) is 0 Å². The molecule has 0 amide bonds. The van der Waals surface area contributed by atoms with Gasteiger partial charge in [0.15, 0.2) is 0 Å². The van der Waals surface area contributed by atoms with E-state index in [2.05, 4.69) is 6.92 Å². The van der Waals surface area contributed by atoms with Crippen LogP contribution in [0.25, 0.3) is 0 Å². The first-order chi connectivity index (χ1) is 8.89. The van der Waals surface area contributed by atoms with Gasteiger partial charge >= 0.3 is 0 Å². The number of nitrogens with two attached hydrogens (primary N) is 1. The van der Waals surface area contributed by atoms with Gasteiger partial charge in [-0.1, -0.05) is 46.5 Å². The van der Waals surface area contributed by atoms with Crippen molar-refractivity contribution in [3.05, 3.63) is 0 Å². The second-order valence-electron chi connectivity index (χ2n) is 5.48. The third-order valence-corrected chi connectivity index (χ3v) is 4.82. The molecule has 0 aromatic rings. The Hall–Kier alpha value is -0.130. The van der Waals surface area contributed by atoms with Gasteiger partial charge in [-0.25, -0.2) is 13.6 Å². The van der Waals surface area contributed by atoms with Crippen LogP contribution in [-0.2, 0) is 14.8 Å². The van der Waals surface area contributed by atoms with E-state index >= 15 is 0 Å². The SMILES string of the molecule is CCCCCCCOCC(CC)(CC)CS(N)(=O)=O. The third-order valence-electron chi connectivity index (χ3n) is 3.81. The number of ether oxygens (including phenoxy) is 1. The summed E-state index contributed by atoms with van der Waals surface area (Å²) >= 11 is 0. The van der Waals surface area contributed by atoms with Crippen molar-refractivity contribution in [3.8, 4) is 0 Å². The van der Waals surface area contributed by atoms with Gasteiger partial charge < -0.3 is 4.74 Å². The molecular formula is C14H31NO3S. The lowest BCUT2D eigenvalue weighted by atomic mass is 9.85. The Kier molecular flexibility index (Phi) is 9.66. The lowest BCUT2D eigenvalue weighted by Crippen LogP contribution is -2.36. The fourth-order valence-corrected chi connectivity index (χ4v) is 3.57. The Morgan fingerprint density at radius 2 is 1.58 bits per heavy atom. The fraction of sp³-hybridized carbons (Fsp3) is 1.00. The normalized spacial score (nSPS) is 12.8. The van der Waals surface area contributed by atoms with E-state index in [0.717, 1.165) is 25.9 Å². The van der Waals surface area contributed by atoms with Gasteiger partial charge in [0, 0.05) is 12.0 Å². The molecule has 0 saturated carbocycles. The van der Waals surface area contributed by atoms with E-state index in [1.807, 2.05) is 13.8 Å². The van der Waals surface area contributed by atoms with Crippen molar-refractivity contribution in [1.29, 1.82) is 0 Å². The lowest BCUT2D eigenvalue weighted by Gasteiger charge is -2.30. The number of hydrogen-bond acceptors (Lipinski definition) is 3. The molecule has 0 unspecified atom stereocenters. The molecule has 4 nitrogen and oxygen atoms in total. The summed E-state index contributed by atoms with van der Waals surface area (Å²) in [7, 11) is -3.44. The summed E-state index contributed by atoms with van der Waals surface area (Å²) < 4.78 is 28.3. The Labute approximate surface area is 119 Å². The molecule has 0 aliphatic carbocycles. The minimum atomic E-state index is -3.44. The highest BCUT2D eigenvalue weighted by molar-refractivity contribution is 7.89. The molecule has 0 fully saturated rings. The molecule has 0 atom stereocenters. The molecule has 0 saturated heterocycles. The van der Waals surface area contributed by atoms with Crippen molar-refractivity contribution in [1.82, 2.24) is 0 Å². The molecule has 0 bridgehead atoms. The van der Waals surface area contributed by atoms with E-state index in [-0.39, 0.29) is 11.2 Å². The van der Waals surface area contributed by atoms with Crippen LogP contribution in [0, 0.1) is 5.41 Å². The van der Waals surface area contributed by atoms with Gasteiger partial charge in [0.1, 0.15) is 0 Å². The van der Waals surface area contributed by atoms with Crippen LogP contribution in [0.1, 0.15) is 65.7 Å². The Bertz CT molecular complexity index is 311. The summed E-state index contributed by atoms with van der Waals surface area (Å²) in [6, 6.07) is 0. The van der Waals surface area contributed by atoms with E-state index in [4.69, 9.17) is 9.88 Å². The molecule has 0 aromatic heterocycles. The van der Waals surface area contributed by atoms with E-state index in [1.165, 1.54) is 25.7 Å². The summed E-state index contributed by atoms with van der Waals surface area (Å²) in [5, 5.41) is 5.17. The summed E-state index contributed by atoms with van der Waals surface area (Å²) in [4.78, 5) is 0. The van der Waals surface area contributed by atoms with Crippen molar-refractivity contribution in [2.45, 2.75) is 65.7 Å². The average Bonchev–Trinajstić information content (AvgIpc) is 2.35. The van der Waals surface area contributed by atoms with Crippen molar-refractivity contribution < 1.29 is 13.2 Å². The minimum absolute atomic E-state index is 0.0167. The highest BCUT2D eigenvalue weighted by Gasteiger charge is 2.31. The number of primary sulfonamides is 1. The minimum Gasteiger partial charge on any atom is -0.381 e. The summed E-state index contributed by atoms with van der Waals surface area (Å²) in [5.74, 6) is 0.0167. The maximum absolute atomic E-state index is 11.3. The molecule has 0 rings (SSSR count). The Morgan fingerprint density at radius 1 is 1.00 bits per heavy atom. The van der Waals surface area contributed by atoms with Crippen molar-refractivity contribution in [2.24, 2.45) is 10.6 Å². The van der Waals surface area contributed by atoms with Crippen molar-refractivity contribution in [2.75, 3.05) is 19.0 Å². The first-order valence-corrected chi connectivity index (χ1v) is 9.19. The number of rotatable bonds is 12. The zero-order valence-corrected chi connectivity index (χ0v) is 13.6. The zero-order chi connectivity index (χ0) is 14.8. The van der Waals surface area contributed by atoms with Gasteiger partial charge in [0.2, 0.25) is 10.0 Å². The standard InChI is InChI=1S/C14H31NO3S/c1-4-7-8-9-10-11-18-12-14(5-2,6-3)13-19(15,16)17/h4-13H2,1-3H3,(H2,15,16,17). The highest BCUT2D eigenvalue weighted by atomic mass is 32.2.